The highest BCUT2D eigenvalue weighted by Crippen LogP contribution is 2.46. The highest BCUT2D eigenvalue weighted by Gasteiger charge is 2.44. The van der Waals surface area contributed by atoms with Crippen molar-refractivity contribution in [1.82, 2.24) is 19.8 Å². The Morgan fingerprint density at radius 1 is 1.18 bits per heavy atom. The van der Waals surface area contributed by atoms with E-state index in [0.717, 1.165) is 81.8 Å². The molecule has 2 aliphatic heterocycles. The van der Waals surface area contributed by atoms with E-state index in [9.17, 15) is 9.90 Å². The molecule has 0 bridgehead atoms. The second-order valence-corrected chi connectivity index (χ2v) is 13.6. The number of carbonyl (C=O) groups excluding carboxylic acids is 1. The lowest BCUT2D eigenvalue weighted by atomic mass is 10.0. The molecule has 2 aromatic carbocycles. The summed E-state index contributed by atoms with van der Waals surface area (Å²) in [7, 11) is 4.20. The van der Waals surface area contributed by atoms with Crippen molar-refractivity contribution < 1.29 is 14.6 Å². The highest BCUT2D eigenvalue weighted by molar-refractivity contribution is 14.1. The van der Waals surface area contributed by atoms with Gasteiger partial charge in [0.1, 0.15) is 11.6 Å². The van der Waals surface area contributed by atoms with E-state index in [2.05, 4.69) is 46.5 Å². The van der Waals surface area contributed by atoms with Crippen molar-refractivity contribution in [3.05, 3.63) is 50.7 Å². The van der Waals surface area contributed by atoms with Gasteiger partial charge in [-0.2, -0.15) is 21.7 Å². The number of amides is 1. The lowest BCUT2D eigenvalue weighted by Crippen LogP contribution is -2.30. The number of rotatable bonds is 7. The molecular weight excluding hydrogens is 625 g/mol. The maximum absolute atomic E-state index is 13.9. The van der Waals surface area contributed by atoms with Crippen molar-refractivity contribution in [3.63, 3.8) is 0 Å². The number of benzene rings is 2. The van der Waals surface area contributed by atoms with E-state index in [-0.39, 0.29) is 17.1 Å². The van der Waals surface area contributed by atoms with E-state index in [1.54, 1.807) is 12.1 Å². The number of halogens is 1. The summed E-state index contributed by atoms with van der Waals surface area (Å²) in [6.07, 6.45) is 3.42. The minimum absolute atomic E-state index is 0.0922. The maximum atomic E-state index is 13.9. The lowest BCUT2D eigenvalue weighted by molar-refractivity contribution is 0.0752. The van der Waals surface area contributed by atoms with Crippen LogP contribution in [0, 0.1) is 8.99 Å². The topological polar surface area (TPSA) is 82.0 Å². The van der Waals surface area contributed by atoms with Gasteiger partial charge >= 0.3 is 6.01 Å². The molecule has 39 heavy (non-hydrogen) atoms. The summed E-state index contributed by atoms with van der Waals surface area (Å²) in [6, 6.07) is 9.57. The number of aromatic hydroxyl groups is 1. The average Bonchev–Trinajstić information content (AvgIpc) is 3.60. The van der Waals surface area contributed by atoms with Crippen LogP contribution < -0.4 is 9.64 Å². The minimum Gasteiger partial charge on any atom is -0.508 e. The van der Waals surface area contributed by atoms with E-state index < -0.39 is 0 Å². The molecule has 1 aliphatic carbocycles. The molecule has 1 saturated carbocycles. The first-order valence-electron chi connectivity index (χ1n) is 13.5. The second kappa shape index (κ2) is 10.9. The molecule has 2 fully saturated rings. The van der Waals surface area contributed by atoms with Crippen LogP contribution in [0.1, 0.15) is 40.9 Å². The van der Waals surface area contributed by atoms with Crippen LogP contribution in [0.4, 0.5) is 5.82 Å². The monoisotopic (exact) mass is 659 g/mol. The standard InChI is InChI=1S/C29H34IN5O3S/c1-33(2)17-29(7-8-29)18-38-28-31-24-16-35(15-22(24)26(32-28)34-9-4-11-39-12-10-34)27(37)21-14-20(36)13-19-5-3-6-23(30)25(19)21/h3,5-6,13-14,36H,4,7-12,15-18H2,1-2H3. The number of hydrogen-bond acceptors (Lipinski definition) is 8. The van der Waals surface area contributed by atoms with Crippen molar-refractivity contribution in [2.24, 2.45) is 5.41 Å². The molecule has 206 valence electrons. The van der Waals surface area contributed by atoms with Crippen LogP contribution in [0.15, 0.2) is 30.3 Å². The van der Waals surface area contributed by atoms with E-state index in [0.29, 0.717) is 31.3 Å². The first-order valence-corrected chi connectivity index (χ1v) is 15.8. The summed E-state index contributed by atoms with van der Waals surface area (Å²) in [4.78, 5) is 30.1. The third-order valence-electron chi connectivity index (χ3n) is 7.81. The van der Waals surface area contributed by atoms with Gasteiger partial charge in [-0.05, 0) is 85.3 Å². The number of nitrogens with zero attached hydrogens (tertiary/aromatic N) is 5. The predicted octanol–water partition coefficient (Wildman–Crippen LogP) is 4.76. The van der Waals surface area contributed by atoms with Crippen LogP contribution in [-0.4, -0.2) is 82.6 Å². The Bertz CT molecular complexity index is 1410. The number of thioether (sulfide) groups is 1. The number of fused-ring (bicyclic) bond motifs is 2. The van der Waals surface area contributed by atoms with Gasteiger partial charge in [0, 0.05) is 45.3 Å². The molecule has 0 atom stereocenters. The molecule has 10 heteroatoms. The van der Waals surface area contributed by atoms with Crippen molar-refractivity contribution in [2.45, 2.75) is 32.4 Å². The van der Waals surface area contributed by atoms with Gasteiger partial charge in [0.25, 0.3) is 5.91 Å². The highest BCUT2D eigenvalue weighted by atomic mass is 127. The Balaban J connectivity index is 1.31. The smallest absolute Gasteiger partial charge is 0.318 e. The van der Waals surface area contributed by atoms with Crippen LogP contribution in [0.5, 0.6) is 11.8 Å². The molecule has 6 rings (SSSR count). The Hall–Kier alpha value is -2.31. The third kappa shape index (κ3) is 5.65. The van der Waals surface area contributed by atoms with Gasteiger partial charge in [0.05, 0.1) is 31.0 Å². The van der Waals surface area contributed by atoms with Crippen molar-refractivity contribution in [1.29, 1.82) is 0 Å². The first kappa shape index (κ1) is 26.9. The first-order chi connectivity index (χ1) is 18.8. The quantitative estimate of drug-likeness (QED) is 0.364. The van der Waals surface area contributed by atoms with Gasteiger partial charge in [-0.3, -0.25) is 4.79 Å². The van der Waals surface area contributed by atoms with Gasteiger partial charge in [-0.25, -0.2) is 0 Å². The van der Waals surface area contributed by atoms with Crippen molar-refractivity contribution in [2.75, 3.05) is 56.7 Å². The fraction of sp³-hybridized carbons (Fsp3) is 0.483. The van der Waals surface area contributed by atoms with Gasteiger partial charge in [0.15, 0.2) is 0 Å². The molecule has 1 amide bonds. The number of phenols is 1. The number of ether oxygens (including phenoxy) is 1. The molecule has 1 aromatic heterocycles. The minimum atomic E-state index is -0.110. The zero-order valence-electron chi connectivity index (χ0n) is 22.5. The summed E-state index contributed by atoms with van der Waals surface area (Å²) in [5, 5.41) is 12.1. The largest absolute Gasteiger partial charge is 0.508 e. The summed E-state index contributed by atoms with van der Waals surface area (Å²) < 4.78 is 7.26. The zero-order chi connectivity index (χ0) is 27.1. The Labute approximate surface area is 247 Å². The fourth-order valence-electron chi connectivity index (χ4n) is 5.76. The number of carbonyl (C=O) groups is 1. The van der Waals surface area contributed by atoms with Crippen LogP contribution in [0.2, 0.25) is 0 Å². The molecular formula is C29H34IN5O3S. The molecule has 0 unspecified atom stereocenters. The molecule has 1 N–H and O–H groups in total. The average molecular weight is 660 g/mol. The van der Waals surface area contributed by atoms with Gasteiger partial charge in [-0.15, -0.1) is 0 Å². The fourth-order valence-corrected chi connectivity index (χ4v) is 7.46. The van der Waals surface area contributed by atoms with Crippen LogP contribution >= 0.6 is 34.4 Å². The summed E-state index contributed by atoms with van der Waals surface area (Å²) in [6.45, 7) is 4.29. The Morgan fingerprint density at radius 2 is 2.03 bits per heavy atom. The molecule has 8 nitrogen and oxygen atoms in total. The summed E-state index contributed by atoms with van der Waals surface area (Å²) in [5.41, 5.74) is 2.56. The Kier molecular flexibility index (Phi) is 7.53. The Morgan fingerprint density at radius 3 is 2.82 bits per heavy atom. The van der Waals surface area contributed by atoms with Crippen LogP contribution in [-0.2, 0) is 13.1 Å². The van der Waals surface area contributed by atoms with Crippen LogP contribution in [0.25, 0.3) is 10.8 Å². The van der Waals surface area contributed by atoms with Gasteiger partial charge < -0.3 is 24.5 Å². The number of phenolic OH excluding ortho intramolecular Hbond substituents is 1. The molecule has 3 aromatic rings. The van der Waals surface area contributed by atoms with E-state index >= 15 is 0 Å². The van der Waals surface area contributed by atoms with Gasteiger partial charge in [0.2, 0.25) is 0 Å². The molecule has 1 saturated heterocycles. The molecule has 0 radical (unpaired) electrons. The summed E-state index contributed by atoms with van der Waals surface area (Å²) >= 11 is 4.24. The maximum Gasteiger partial charge on any atom is 0.318 e. The molecule has 0 spiro atoms. The third-order valence-corrected chi connectivity index (χ3v) is 9.75. The second-order valence-electron chi connectivity index (χ2n) is 11.2. The zero-order valence-corrected chi connectivity index (χ0v) is 25.4. The lowest BCUT2D eigenvalue weighted by Gasteiger charge is -2.25. The van der Waals surface area contributed by atoms with Crippen LogP contribution in [0.3, 0.4) is 0 Å². The normalized spacial score (nSPS) is 18.4. The number of aromatic nitrogens is 2. The molecule has 3 aliphatic rings. The van der Waals surface area contributed by atoms with Crippen molar-refractivity contribution >= 4 is 56.9 Å². The summed E-state index contributed by atoms with van der Waals surface area (Å²) in [5.74, 6) is 3.08. The van der Waals surface area contributed by atoms with E-state index in [1.807, 2.05) is 34.9 Å². The predicted molar refractivity (Wildman–Crippen MR) is 164 cm³/mol. The molecule has 3 heterocycles. The SMILES string of the molecule is CN(C)CC1(COc2nc3c(c(N4CCCSCC4)n2)CN(C(=O)c2cc(O)cc4cccc(I)c24)C3)CC1. The van der Waals surface area contributed by atoms with Crippen molar-refractivity contribution in [3.8, 4) is 11.8 Å². The van der Waals surface area contributed by atoms with Gasteiger partial charge in [-0.1, -0.05) is 12.1 Å². The number of hydrogen-bond donors (Lipinski definition) is 1. The van der Waals surface area contributed by atoms with E-state index in [4.69, 9.17) is 14.7 Å². The van der Waals surface area contributed by atoms with E-state index in [1.165, 1.54) is 0 Å². The number of anilines is 1.